The smallest absolute Gasteiger partial charge is 0.324 e. The Kier molecular flexibility index (Phi) is 12.0. The summed E-state index contributed by atoms with van der Waals surface area (Å²) in [7, 11) is 0. The van der Waals surface area contributed by atoms with Crippen LogP contribution in [-0.4, -0.2) is 44.1 Å². The summed E-state index contributed by atoms with van der Waals surface area (Å²) in [5.74, 6) is 0.251. The van der Waals surface area contributed by atoms with E-state index >= 15 is 0 Å². The molecule has 0 saturated heterocycles. The summed E-state index contributed by atoms with van der Waals surface area (Å²) in [4.78, 5) is 13.4. The second-order valence-electron chi connectivity index (χ2n) is 6.24. The summed E-state index contributed by atoms with van der Waals surface area (Å²) in [6.45, 7) is 1.29. The van der Waals surface area contributed by atoms with Crippen LogP contribution in [0.2, 0.25) is 0 Å². The van der Waals surface area contributed by atoms with Gasteiger partial charge in [-0.15, -0.1) is 35.9 Å². The van der Waals surface area contributed by atoms with Crippen LogP contribution in [0.3, 0.4) is 0 Å². The average Bonchev–Trinajstić information content (AvgIpc) is 2.80. The molecule has 0 bridgehead atoms. The number of phenols is 1. The molecule has 31 heavy (non-hydrogen) atoms. The Balaban J connectivity index is 0.000000277. The van der Waals surface area contributed by atoms with Crippen molar-refractivity contribution in [2.45, 2.75) is 6.92 Å². The minimum absolute atomic E-state index is 0. The second kappa shape index (κ2) is 14.2. The fourth-order valence-electron chi connectivity index (χ4n) is 2.56. The summed E-state index contributed by atoms with van der Waals surface area (Å²) in [5, 5.41) is 26.7. The Labute approximate surface area is 196 Å². The number of aromatic nitrogens is 1. The number of rotatable bonds is 3. The summed E-state index contributed by atoms with van der Waals surface area (Å²) in [6.07, 6.45) is 1.91. The molecule has 0 aliphatic rings. The summed E-state index contributed by atoms with van der Waals surface area (Å²) >= 11 is 0. The molecule has 5 nitrogen and oxygen atoms in total. The Bertz CT molecular complexity index is 1070. The molecular formula is C25H25NO4Pt. The molecule has 0 radical (unpaired) electrons. The Morgan fingerprint density at radius 1 is 0.903 bits per heavy atom. The van der Waals surface area contributed by atoms with E-state index in [1.165, 1.54) is 23.8 Å². The fourth-order valence-corrected chi connectivity index (χ4v) is 2.56. The minimum atomic E-state index is -0.125. The zero-order chi connectivity index (χ0) is 21.8. The van der Waals surface area contributed by atoms with Crippen LogP contribution in [0.25, 0.3) is 22.0 Å². The molecule has 4 rings (SSSR count). The standard InChI is InChI=1S/C15H10N.C8H8O2.C2H6O2.Pt/c1-2-6-12(7-3-1)15-10-13-8-4-5-9-14(13)11-16-15;1-6(9)7-4-2-3-5-8(7)10;3-1-2-4;/h1-6,8-11H;2-5,10H,1H3;3-4H,1-2H2;/q-1;;;/p+1. The number of para-hydroxylation sites is 1. The Morgan fingerprint density at radius 3 is 2.06 bits per heavy atom. The number of fused-ring (bicyclic) bond motifs is 1. The van der Waals surface area contributed by atoms with Crippen molar-refractivity contribution in [1.82, 2.24) is 4.98 Å². The van der Waals surface area contributed by atoms with Gasteiger partial charge in [0.1, 0.15) is 11.3 Å². The van der Waals surface area contributed by atoms with Gasteiger partial charge in [-0.25, -0.2) is 0 Å². The van der Waals surface area contributed by atoms with Crippen molar-refractivity contribution < 1.29 is 41.2 Å². The maximum Gasteiger partial charge on any atom is 0.324 e. The van der Waals surface area contributed by atoms with E-state index in [4.69, 9.17) is 20.1 Å². The van der Waals surface area contributed by atoms with Gasteiger partial charge in [-0.1, -0.05) is 42.5 Å². The molecule has 1 heterocycles. The molecule has 0 amide bonds. The van der Waals surface area contributed by atoms with Gasteiger partial charge in [0, 0.05) is 27.3 Å². The van der Waals surface area contributed by atoms with Crippen molar-refractivity contribution in [2.75, 3.05) is 13.2 Å². The van der Waals surface area contributed by atoms with Crippen LogP contribution in [0.5, 0.6) is 5.75 Å². The number of aliphatic hydroxyl groups is 2. The number of hydrogen-bond donors (Lipinski definition) is 3. The van der Waals surface area contributed by atoms with E-state index in [0.717, 1.165) is 11.3 Å². The molecule has 164 valence electrons. The van der Waals surface area contributed by atoms with Crippen LogP contribution < -0.4 is 0 Å². The van der Waals surface area contributed by atoms with E-state index in [0.29, 0.717) is 5.56 Å². The van der Waals surface area contributed by atoms with Crippen molar-refractivity contribution in [3.05, 3.63) is 96.7 Å². The first-order valence-corrected chi connectivity index (χ1v) is 9.41. The molecule has 0 saturated carbocycles. The zero-order valence-electron chi connectivity index (χ0n) is 17.0. The van der Waals surface area contributed by atoms with Gasteiger partial charge in [-0.05, 0) is 28.6 Å². The predicted molar refractivity (Wildman–Crippen MR) is 120 cm³/mol. The minimum Gasteiger partial charge on any atom is -0.507 e. The second-order valence-corrected chi connectivity index (χ2v) is 6.24. The molecule has 0 fully saturated rings. The van der Waals surface area contributed by atoms with E-state index in [-0.39, 0.29) is 45.8 Å². The molecule has 4 aromatic rings. The molecule has 1 aromatic heterocycles. The van der Waals surface area contributed by atoms with Gasteiger partial charge in [0.15, 0.2) is 0 Å². The molecule has 0 aliphatic heterocycles. The van der Waals surface area contributed by atoms with E-state index in [9.17, 15) is 0 Å². The monoisotopic (exact) mass is 598 g/mol. The molecule has 0 atom stereocenters. The molecule has 3 aromatic carbocycles. The number of carbonyl (C=O) groups excluding carboxylic acids is 1. The number of hydrogen-bond acceptors (Lipinski definition) is 4. The third-order valence-electron chi connectivity index (χ3n) is 4.01. The average molecular weight is 599 g/mol. The van der Waals surface area contributed by atoms with Crippen LogP contribution in [-0.2, 0) is 21.1 Å². The predicted octanol–water partition coefficient (Wildman–Crippen LogP) is 3.98. The van der Waals surface area contributed by atoms with Gasteiger partial charge in [0.2, 0.25) is 0 Å². The summed E-state index contributed by atoms with van der Waals surface area (Å²) in [5.41, 5.74) is 2.50. The van der Waals surface area contributed by atoms with E-state index in [1.54, 1.807) is 18.2 Å². The third-order valence-corrected chi connectivity index (χ3v) is 4.01. The van der Waals surface area contributed by atoms with Gasteiger partial charge in [0.25, 0.3) is 0 Å². The quantitative estimate of drug-likeness (QED) is 0.189. The normalized spacial score (nSPS) is 9.39. The zero-order valence-corrected chi connectivity index (χ0v) is 19.3. The van der Waals surface area contributed by atoms with Gasteiger partial charge in [0.05, 0.1) is 20.1 Å². The van der Waals surface area contributed by atoms with Gasteiger partial charge in [-0.3, -0.25) is 4.79 Å². The van der Waals surface area contributed by atoms with Crippen molar-refractivity contribution in [3.8, 4) is 17.0 Å². The van der Waals surface area contributed by atoms with Gasteiger partial charge >= 0.3 is 5.78 Å². The van der Waals surface area contributed by atoms with E-state index in [2.05, 4.69) is 29.2 Å². The van der Waals surface area contributed by atoms with Gasteiger partial charge < -0.3 is 20.3 Å². The van der Waals surface area contributed by atoms with Crippen molar-refractivity contribution >= 4 is 16.6 Å². The number of ketones is 1. The van der Waals surface area contributed by atoms with Crippen molar-refractivity contribution in [2.24, 2.45) is 0 Å². The van der Waals surface area contributed by atoms with Crippen LogP contribution in [0, 0.1) is 6.07 Å². The SMILES string of the molecule is CC(=[OH+])c1ccccc1O.OCCO.[Pt].[c-]1ccccc1-c1cc2ccccc2cn1. The maximum absolute atomic E-state index is 9.10. The topological polar surface area (TPSA) is 95.0 Å². The van der Waals surface area contributed by atoms with Crippen LogP contribution in [0.1, 0.15) is 12.5 Å². The first-order valence-electron chi connectivity index (χ1n) is 9.41. The fraction of sp³-hybridized carbons (Fsp3) is 0.120. The Morgan fingerprint density at radius 2 is 1.52 bits per heavy atom. The number of aromatic hydroxyl groups is 1. The van der Waals surface area contributed by atoms with Crippen molar-refractivity contribution in [1.29, 1.82) is 0 Å². The van der Waals surface area contributed by atoms with E-state index in [1.807, 2.05) is 42.6 Å². The number of benzene rings is 3. The molecule has 0 aliphatic carbocycles. The van der Waals surface area contributed by atoms with Crippen molar-refractivity contribution in [3.63, 3.8) is 0 Å². The number of phenolic OH excluding ortho intramolecular Hbond substituents is 1. The van der Waals surface area contributed by atoms with Crippen LogP contribution in [0.15, 0.2) is 85.1 Å². The van der Waals surface area contributed by atoms with Gasteiger partial charge in [-0.2, -0.15) is 0 Å². The molecule has 6 heteroatoms. The van der Waals surface area contributed by atoms with E-state index < -0.39 is 0 Å². The molecule has 0 spiro atoms. The molecule has 4 N–H and O–H groups in total. The number of aliphatic hydroxyl groups excluding tert-OH is 2. The maximum atomic E-state index is 9.10. The summed E-state index contributed by atoms with van der Waals surface area (Å²) < 4.78 is 0. The number of pyridine rings is 1. The Hall–Kier alpha value is -2.85. The molecular weight excluding hydrogens is 573 g/mol. The number of nitrogens with zero attached hydrogens (tertiary/aromatic N) is 1. The summed E-state index contributed by atoms with van der Waals surface area (Å²) in [6, 6.07) is 28.1. The first kappa shape index (κ1) is 26.2. The van der Waals surface area contributed by atoms with Crippen LogP contribution in [0.4, 0.5) is 0 Å². The van der Waals surface area contributed by atoms with Crippen LogP contribution >= 0.6 is 0 Å². The third kappa shape index (κ3) is 8.42. The molecule has 0 unspecified atom stereocenters. The first-order chi connectivity index (χ1) is 14.6. The largest absolute Gasteiger partial charge is 0.507 e.